The van der Waals surface area contributed by atoms with Crippen molar-refractivity contribution in [3.63, 3.8) is 0 Å². The summed E-state index contributed by atoms with van der Waals surface area (Å²) in [6.07, 6.45) is 0. The van der Waals surface area contributed by atoms with Gasteiger partial charge in [-0.25, -0.2) is 0 Å². The zero-order valence-electron chi connectivity index (χ0n) is 30.0. The van der Waals surface area contributed by atoms with Crippen LogP contribution in [0.25, 0.3) is 44.2 Å². The predicted octanol–water partition coefficient (Wildman–Crippen LogP) is 13.3. The van der Waals surface area contributed by atoms with Gasteiger partial charge in [-0.3, -0.25) is 0 Å². The zero-order chi connectivity index (χ0) is 36.1. The molecular formula is C54H34O. The van der Waals surface area contributed by atoms with Gasteiger partial charge in [0.15, 0.2) is 0 Å². The van der Waals surface area contributed by atoms with Crippen LogP contribution in [-0.2, 0) is 10.8 Å². The Morgan fingerprint density at radius 1 is 0.291 bits per heavy atom. The standard InChI is InChI=1S/C54H34O/c1-3-18-36(19-4-1)53(37-20-5-2-6-21-37)47-30-13-14-32-49(47)55-52-44(27-16-31-48(52)53)42-26-15-25-41-39-23-9-11-28-45(39)54(51(41)42)46-29-12-10-24-40(46)43-34-33-35-17-7-8-22-38(35)50(43)54/h1-34H. The highest BCUT2D eigenvalue weighted by atomic mass is 16.5. The van der Waals surface area contributed by atoms with E-state index in [1.165, 1.54) is 72.0 Å². The van der Waals surface area contributed by atoms with Gasteiger partial charge in [0.2, 0.25) is 0 Å². The molecular weight excluding hydrogens is 665 g/mol. The quantitative estimate of drug-likeness (QED) is 0.178. The minimum atomic E-state index is -0.607. The van der Waals surface area contributed by atoms with E-state index in [1.807, 2.05) is 0 Å². The molecule has 1 atom stereocenters. The molecule has 55 heavy (non-hydrogen) atoms. The lowest BCUT2D eigenvalue weighted by atomic mass is 9.63. The van der Waals surface area contributed by atoms with Crippen LogP contribution in [0.5, 0.6) is 11.5 Å². The van der Waals surface area contributed by atoms with Crippen LogP contribution in [-0.4, -0.2) is 0 Å². The van der Waals surface area contributed by atoms with Crippen molar-refractivity contribution >= 4 is 10.8 Å². The second-order valence-corrected chi connectivity index (χ2v) is 15.0. The summed E-state index contributed by atoms with van der Waals surface area (Å²) in [5.41, 5.74) is 16.4. The molecule has 9 aromatic carbocycles. The fourth-order valence-corrected chi connectivity index (χ4v) is 10.6. The van der Waals surface area contributed by atoms with Gasteiger partial charge < -0.3 is 4.74 Å². The lowest BCUT2D eigenvalue weighted by Gasteiger charge is -2.42. The van der Waals surface area contributed by atoms with E-state index in [-0.39, 0.29) is 0 Å². The molecule has 9 aromatic rings. The Kier molecular flexibility index (Phi) is 6.25. The summed E-state index contributed by atoms with van der Waals surface area (Å²) >= 11 is 0. The van der Waals surface area contributed by atoms with Crippen LogP contribution in [0.1, 0.15) is 44.5 Å². The topological polar surface area (TPSA) is 9.23 Å². The summed E-state index contributed by atoms with van der Waals surface area (Å²) in [6.45, 7) is 0. The molecule has 1 unspecified atom stereocenters. The van der Waals surface area contributed by atoms with E-state index in [0.717, 1.165) is 28.2 Å². The van der Waals surface area contributed by atoms with Crippen LogP contribution >= 0.6 is 0 Å². The van der Waals surface area contributed by atoms with Gasteiger partial charge >= 0.3 is 0 Å². The van der Waals surface area contributed by atoms with E-state index >= 15 is 0 Å². The third-order valence-corrected chi connectivity index (χ3v) is 12.6. The number of rotatable bonds is 3. The Labute approximate surface area is 320 Å². The summed E-state index contributed by atoms with van der Waals surface area (Å²) < 4.78 is 7.26. The number of benzene rings is 9. The molecule has 0 saturated carbocycles. The predicted molar refractivity (Wildman–Crippen MR) is 224 cm³/mol. The number of hydrogen-bond donors (Lipinski definition) is 0. The van der Waals surface area contributed by atoms with Crippen molar-refractivity contribution < 1.29 is 4.74 Å². The number of fused-ring (bicyclic) bond motifs is 14. The summed E-state index contributed by atoms with van der Waals surface area (Å²) in [4.78, 5) is 0. The van der Waals surface area contributed by atoms with E-state index in [9.17, 15) is 0 Å². The fraction of sp³-hybridized carbons (Fsp3) is 0.0370. The molecule has 1 heterocycles. The Hall–Kier alpha value is -6.96. The van der Waals surface area contributed by atoms with E-state index in [0.29, 0.717) is 0 Å². The van der Waals surface area contributed by atoms with Crippen LogP contribution in [0, 0.1) is 0 Å². The minimum absolute atomic E-state index is 0.541. The third kappa shape index (κ3) is 3.82. The molecule has 1 heteroatoms. The van der Waals surface area contributed by atoms with Gasteiger partial charge in [-0.1, -0.05) is 200 Å². The number of para-hydroxylation sites is 2. The summed E-state index contributed by atoms with van der Waals surface area (Å²) in [5.74, 6) is 1.78. The highest BCUT2D eigenvalue weighted by Crippen LogP contribution is 2.67. The van der Waals surface area contributed by atoms with Gasteiger partial charge in [0.05, 0.1) is 10.8 Å². The Morgan fingerprint density at radius 2 is 0.782 bits per heavy atom. The van der Waals surface area contributed by atoms with E-state index in [4.69, 9.17) is 4.74 Å². The van der Waals surface area contributed by atoms with Gasteiger partial charge in [-0.05, 0) is 78.0 Å². The molecule has 0 bridgehead atoms. The second-order valence-electron chi connectivity index (χ2n) is 15.0. The lowest BCUT2D eigenvalue weighted by molar-refractivity contribution is 0.436. The van der Waals surface area contributed by atoms with Gasteiger partial charge in [0, 0.05) is 16.7 Å². The van der Waals surface area contributed by atoms with Crippen molar-refractivity contribution in [1.29, 1.82) is 0 Å². The van der Waals surface area contributed by atoms with Crippen LogP contribution in [0.2, 0.25) is 0 Å². The van der Waals surface area contributed by atoms with E-state index in [1.54, 1.807) is 0 Å². The summed E-state index contributed by atoms with van der Waals surface area (Å²) in [7, 11) is 0. The molecule has 1 spiro atoms. The van der Waals surface area contributed by atoms with Gasteiger partial charge in [-0.2, -0.15) is 0 Å². The minimum Gasteiger partial charge on any atom is -0.456 e. The van der Waals surface area contributed by atoms with Crippen molar-refractivity contribution in [2.45, 2.75) is 10.8 Å². The van der Waals surface area contributed by atoms with Crippen molar-refractivity contribution in [3.8, 4) is 44.9 Å². The Morgan fingerprint density at radius 3 is 1.49 bits per heavy atom. The molecule has 0 radical (unpaired) electrons. The smallest absolute Gasteiger partial charge is 0.140 e. The van der Waals surface area contributed by atoms with Gasteiger partial charge in [0.25, 0.3) is 0 Å². The van der Waals surface area contributed by atoms with Crippen LogP contribution in [0.15, 0.2) is 206 Å². The maximum atomic E-state index is 7.26. The molecule has 1 aliphatic heterocycles. The fourth-order valence-electron chi connectivity index (χ4n) is 10.6. The van der Waals surface area contributed by atoms with Crippen LogP contribution in [0.3, 0.4) is 0 Å². The van der Waals surface area contributed by atoms with Gasteiger partial charge in [-0.15, -0.1) is 0 Å². The van der Waals surface area contributed by atoms with Crippen molar-refractivity contribution in [2.75, 3.05) is 0 Å². The molecule has 0 saturated heterocycles. The second kappa shape index (κ2) is 11.3. The van der Waals surface area contributed by atoms with Crippen molar-refractivity contribution in [3.05, 3.63) is 251 Å². The first-order valence-corrected chi connectivity index (χ1v) is 19.2. The van der Waals surface area contributed by atoms with Crippen molar-refractivity contribution in [2.24, 2.45) is 0 Å². The first-order valence-electron chi connectivity index (χ1n) is 19.2. The van der Waals surface area contributed by atoms with Crippen molar-refractivity contribution in [1.82, 2.24) is 0 Å². The molecule has 0 amide bonds. The molecule has 12 rings (SSSR count). The third-order valence-electron chi connectivity index (χ3n) is 12.6. The molecule has 0 fully saturated rings. The van der Waals surface area contributed by atoms with Crippen LogP contribution in [0.4, 0.5) is 0 Å². The highest BCUT2D eigenvalue weighted by molar-refractivity contribution is 6.05. The molecule has 0 aromatic heterocycles. The Bertz CT molecular complexity index is 2960. The average Bonchev–Trinajstić information content (AvgIpc) is 3.74. The molecule has 1 nitrogen and oxygen atoms in total. The van der Waals surface area contributed by atoms with Crippen LogP contribution < -0.4 is 4.74 Å². The molecule has 3 aliphatic rings. The first kappa shape index (κ1) is 30.5. The van der Waals surface area contributed by atoms with E-state index in [2.05, 4.69) is 206 Å². The summed E-state index contributed by atoms with van der Waals surface area (Å²) in [5, 5.41) is 2.55. The molecule has 2 aliphatic carbocycles. The normalized spacial score (nSPS) is 16.4. The number of hydrogen-bond acceptors (Lipinski definition) is 1. The van der Waals surface area contributed by atoms with Gasteiger partial charge in [0.1, 0.15) is 11.5 Å². The zero-order valence-corrected chi connectivity index (χ0v) is 30.0. The lowest BCUT2D eigenvalue weighted by Crippen LogP contribution is -2.34. The molecule has 0 N–H and O–H groups in total. The highest BCUT2D eigenvalue weighted by Gasteiger charge is 2.54. The maximum Gasteiger partial charge on any atom is 0.140 e. The average molecular weight is 699 g/mol. The SMILES string of the molecule is c1ccc(C2(c3ccccc3)c3ccccc3Oc3c(-c4cccc5c4C4(c6ccccc6-5)c5ccccc5-c5ccc6ccccc6c54)cccc32)cc1. The number of ether oxygens (including phenoxy) is 1. The maximum absolute atomic E-state index is 7.26. The molecule has 256 valence electrons. The summed E-state index contributed by atoms with van der Waals surface area (Å²) in [6, 6.07) is 76.1. The van der Waals surface area contributed by atoms with E-state index < -0.39 is 10.8 Å². The first-order chi connectivity index (χ1) is 27.3. The monoisotopic (exact) mass is 698 g/mol. The Balaban J connectivity index is 1.23. The largest absolute Gasteiger partial charge is 0.456 e.